The predicted octanol–water partition coefficient (Wildman–Crippen LogP) is 4.52. The highest BCUT2D eigenvalue weighted by molar-refractivity contribution is 6.16. The predicted molar refractivity (Wildman–Crippen MR) is 170 cm³/mol. The maximum atomic E-state index is 15.6. The van der Waals surface area contributed by atoms with Crippen molar-refractivity contribution in [1.29, 1.82) is 0 Å². The molecule has 0 atom stereocenters. The number of hydrogen-bond acceptors (Lipinski definition) is 8. The van der Waals surface area contributed by atoms with Crippen LogP contribution in [-0.2, 0) is 14.3 Å². The number of pyridine rings is 1. The number of primary amides is 1. The Kier molecular flexibility index (Phi) is 10.2. The van der Waals surface area contributed by atoms with Gasteiger partial charge in [0.2, 0.25) is 11.8 Å². The lowest BCUT2D eigenvalue weighted by molar-refractivity contribution is -0.133. The van der Waals surface area contributed by atoms with Crippen LogP contribution >= 0.6 is 0 Å². The fraction of sp³-hybridized carbons (Fsp3) is 0.324. The summed E-state index contributed by atoms with van der Waals surface area (Å²) < 4.78 is 52.4. The molecule has 248 valence electrons. The number of carbonyl (C=O) groups is 2. The number of amides is 2. The van der Waals surface area contributed by atoms with Crippen molar-refractivity contribution in [1.82, 2.24) is 9.88 Å². The zero-order valence-corrected chi connectivity index (χ0v) is 25.8. The highest BCUT2D eigenvalue weighted by Crippen LogP contribution is 2.49. The van der Waals surface area contributed by atoms with E-state index in [1.807, 2.05) is 0 Å². The third-order valence-electron chi connectivity index (χ3n) is 8.28. The summed E-state index contributed by atoms with van der Waals surface area (Å²) in [5.74, 6) is -1.41. The molecule has 1 aliphatic heterocycles. The van der Waals surface area contributed by atoms with Crippen LogP contribution in [0.3, 0.4) is 0 Å². The van der Waals surface area contributed by atoms with E-state index < -0.39 is 28.9 Å². The number of nitrogens with zero attached hydrogens (tertiary/aromatic N) is 3. The minimum Gasteiger partial charge on any atom is -0.493 e. The van der Waals surface area contributed by atoms with Crippen LogP contribution in [0, 0.1) is 17.0 Å². The van der Waals surface area contributed by atoms with E-state index in [2.05, 4.69) is 9.88 Å². The third kappa shape index (κ3) is 7.12. The summed E-state index contributed by atoms with van der Waals surface area (Å²) in [5.41, 5.74) is 5.12. The van der Waals surface area contributed by atoms with Gasteiger partial charge in [-0.2, -0.15) is 0 Å². The number of methoxy groups -OCH3 is 1. The Morgan fingerprint density at radius 1 is 0.957 bits per heavy atom. The number of morpholine rings is 1. The number of nitrogens with two attached hydrogens (primary N) is 1. The first-order chi connectivity index (χ1) is 22.3. The number of rotatable bonds is 12. The minimum atomic E-state index is -1.39. The molecule has 4 aromatic rings. The Balaban J connectivity index is 0.00000433. The van der Waals surface area contributed by atoms with Crippen LogP contribution in [0.15, 0.2) is 66.9 Å². The summed E-state index contributed by atoms with van der Waals surface area (Å²) in [4.78, 5) is 33.7. The minimum absolute atomic E-state index is 0. The second-order valence-electron chi connectivity index (χ2n) is 11.3. The van der Waals surface area contributed by atoms with Gasteiger partial charge in [0.1, 0.15) is 17.0 Å². The number of anilines is 2. The monoisotopic (exact) mass is 650 g/mol. The molecule has 4 N–H and O–H groups in total. The molecule has 1 saturated carbocycles. The average Bonchev–Trinajstić information content (AvgIpc) is 3.88. The quantitative estimate of drug-likeness (QED) is 0.174. The Bertz CT molecular complexity index is 1750. The molecule has 1 aromatic heterocycles. The van der Waals surface area contributed by atoms with Crippen molar-refractivity contribution in [3.05, 3.63) is 78.5 Å². The molecule has 0 bridgehead atoms. The van der Waals surface area contributed by atoms with Crippen molar-refractivity contribution in [3.8, 4) is 23.0 Å². The molecule has 11 nitrogen and oxygen atoms in total. The molecule has 47 heavy (non-hydrogen) atoms. The molecular formula is C34H36F2N4O7. The van der Waals surface area contributed by atoms with Crippen LogP contribution in [-0.4, -0.2) is 73.7 Å². The van der Waals surface area contributed by atoms with Gasteiger partial charge in [0.25, 0.3) is 0 Å². The van der Waals surface area contributed by atoms with E-state index >= 15 is 4.39 Å². The third-order valence-corrected chi connectivity index (χ3v) is 8.28. The van der Waals surface area contributed by atoms with Gasteiger partial charge in [0.05, 0.1) is 38.1 Å². The van der Waals surface area contributed by atoms with E-state index in [4.69, 9.17) is 24.7 Å². The average molecular weight is 651 g/mol. The lowest BCUT2D eigenvalue weighted by atomic mass is 10.0. The maximum absolute atomic E-state index is 15.6. The Morgan fingerprint density at radius 3 is 2.34 bits per heavy atom. The summed E-state index contributed by atoms with van der Waals surface area (Å²) in [7, 11) is 1.54. The van der Waals surface area contributed by atoms with Crippen LogP contribution in [0.25, 0.3) is 10.9 Å². The molecule has 2 amide bonds. The van der Waals surface area contributed by atoms with Crippen LogP contribution in [0.4, 0.5) is 20.2 Å². The van der Waals surface area contributed by atoms with Gasteiger partial charge in [-0.05, 0) is 67.8 Å². The summed E-state index contributed by atoms with van der Waals surface area (Å²) >= 11 is 0. The van der Waals surface area contributed by atoms with Gasteiger partial charge >= 0.3 is 0 Å². The van der Waals surface area contributed by atoms with Crippen LogP contribution < -0.4 is 24.8 Å². The topological polar surface area (TPSA) is 148 Å². The molecule has 1 aliphatic carbocycles. The van der Waals surface area contributed by atoms with Gasteiger partial charge in [-0.1, -0.05) is 0 Å². The van der Waals surface area contributed by atoms with Gasteiger partial charge in [-0.15, -0.1) is 0 Å². The second-order valence-corrected chi connectivity index (χ2v) is 11.3. The van der Waals surface area contributed by atoms with Crippen molar-refractivity contribution in [2.45, 2.75) is 19.3 Å². The first-order valence-electron chi connectivity index (χ1n) is 15.1. The van der Waals surface area contributed by atoms with Crippen LogP contribution in [0.5, 0.6) is 23.0 Å². The number of benzene rings is 3. The Morgan fingerprint density at radius 2 is 1.68 bits per heavy atom. The molecule has 2 fully saturated rings. The zero-order chi connectivity index (χ0) is 32.3. The fourth-order valence-electron chi connectivity index (χ4n) is 5.49. The standard InChI is InChI=1S/C34H34F2N4O6.H2O/c1-43-30-20-25-27(21-31(30)45-16-2-13-39-14-17-44-18-15-39)38-12-9-28(25)46-29-8-7-24(19-26(29)36)40(23-5-3-22(35)4-6-23)33(42)34(10-11-34)32(37)41;/h3-9,12,19-21H,2,10-11,13-18H2,1H3,(H2,37,41);1H2. The van der Waals surface area contributed by atoms with E-state index in [0.29, 0.717) is 34.8 Å². The normalized spacial score (nSPS) is 15.4. The van der Waals surface area contributed by atoms with E-state index in [1.165, 1.54) is 48.4 Å². The van der Waals surface area contributed by atoms with Crippen LogP contribution in [0.2, 0.25) is 0 Å². The molecule has 2 aliphatic rings. The van der Waals surface area contributed by atoms with E-state index in [9.17, 15) is 14.0 Å². The fourth-order valence-corrected chi connectivity index (χ4v) is 5.49. The van der Waals surface area contributed by atoms with Gasteiger partial charge in [0.15, 0.2) is 23.1 Å². The molecular weight excluding hydrogens is 614 g/mol. The van der Waals surface area contributed by atoms with Gasteiger partial charge < -0.3 is 30.2 Å². The molecule has 0 radical (unpaired) electrons. The van der Waals surface area contributed by atoms with Crippen molar-refractivity contribution < 1.29 is 42.8 Å². The van der Waals surface area contributed by atoms with Crippen molar-refractivity contribution in [3.63, 3.8) is 0 Å². The Labute approximate surface area is 270 Å². The smallest absolute Gasteiger partial charge is 0.247 e. The first-order valence-corrected chi connectivity index (χ1v) is 15.1. The highest BCUT2D eigenvalue weighted by Gasteiger charge is 2.57. The number of ether oxygens (including phenoxy) is 4. The van der Waals surface area contributed by atoms with Gasteiger partial charge in [0, 0.05) is 49.0 Å². The Hall–Kier alpha value is -4.85. The number of fused-ring (bicyclic) bond motifs is 1. The van der Waals surface area contributed by atoms with E-state index in [1.54, 1.807) is 24.4 Å². The largest absolute Gasteiger partial charge is 0.493 e. The summed E-state index contributed by atoms with van der Waals surface area (Å²) in [6.07, 6.45) is 2.94. The van der Waals surface area contributed by atoms with Crippen molar-refractivity contribution in [2.75, 3.05) is 51.5 Å². The highest BCUT2D eigenvalue weighted by atomic mass is 19.1. The second kappa shape index (κ2) is 14.3. The van der Waals surface area contributed by atoms with Gasteiger partial charge in [-0.3, -0.25) is 24.4 Å². The van der Waals surface area contributed by atoms with Gasteiger partial charge in [-0.25, -0.2) is 8.78 Å². The van der Waals surface area contributed by atoms with E-state index in [0.717, 1.165) is 45.3 Å². The molecule has 0 spiro atoms. The molecule has 3 aromatic carbocycles. The number of carbonyl (C=O) groups excluding carboxylic acids is 2. The molecule has 13 heteroatoms. The number of halogens is 2. The lowest BCUT2D eigenvalue weighted by Gasteiger charge is -2.26. The summed E-state index contributed by atoms with van der Waals surface area (Å²) in [6, 6.07) is 14.2. The molecule has 0 unspecified atom stereocenters. The van der Waals surface area contributed by atoms with Crippen LogP contribution in [0.1, 0.15) is 19.3 Å². The zero-order valence-electron chi connectivity index (χ0n) is 25.8. The molecule has 1 saturated heterocycles. The SMILES string of the molecule is COc1cc2c(Oc3ccc(N(C(=O)C4(C(N)=O)CC4)c4ccc(F)cc4)cc3F)ccnc2cc1OCCCN1CCOCC1.O. The summed E-state index contributed by atoms with van der Waals surface area (Å²) in [5, 5.41) is 0.573. The maximum Gasteiger partial charge on any atom is 0.247 e. The molecule has 6 rings (SSSR count). The lowest BCUT2D eigenvalue weighted by Crippen LogP contribution is -2.41. The number of aromatic nitrogens is 1. The van der Waals surface area contributed by atoms with Crippen molar-refractivity contribution in [2.24, 2.45) is 11.1 Å². The van der Waals surface area contributed by atoms with E-state index in [-0.39, 0.29) is 35.4 Å². The summed E-state index contributed by atoms with van der Waals surface area (Å²) in [6.45, 7) is 4.71. The van der Waals surface area contributed by atoms with Crippen molar-refractivity contribution >= 4 is 34.1 Å². The first kappa shape index (κ1) is 33.5. The molecule has 2 heterocycles. The number of hydrogen-bond donors (Lipinski definition) is 1.